The van der Waals surface area contributed by atoms with Crippen molar-refractivity contribution in [2.24, 2.45) is 5.73 Å². The third kappa shape index (κ3) is 5.13. The summed E-state index contributed by atoms with van der Waals surface area (Å²) in [4.78, 5) is 12.0. The number of carbonyl (C=O) groups is 1. The van der Waals surface area contributed by atoms with Crippen molar-refractivity contribution in [1.29, 1.82) is 0 Å². The van der Waals surface area contributed by atoms with E-state index in [0.29, 0.717) is 6.54 Å². The molecule has 1 atom stereocenters. The van der Waals surface area contributed by atoms with E-state index in [1.54, 1.807) is 0 Å². The number of benzene rings is 2. The molecule has 0 aromatic heterocycles. The summed E-state index contributed by atoms with van der Waals surface area (Å²) < 4.78 is 1.23. The van der Waals surface area contributed by atoms with Crippen LogP contribution in [0.3, 0.4) is 0 Å². The summed E-state index contributed by atoms with van der Waals surface area (Å²) in [6.45, 7) is 0.644. The minimum absolute atomic E-state index is 0.121. The van der Waals surface area contributed by atoms with E-state index in [-0.39, 0.29) is 5.91 Å². The van der Waals surface area contributed by atoms with Gasteiger partial charge in [-0.05, 0) is 58.7 Å². The summed E-state index contributed by atoms with van der Waals surface area (Å²) in [5, 5.41) is 2.90. The number of hydrogen-bond donors (Lipinski definition) is 2. The summed E-state index contributed by atoms with van der Waals surface area (Å²) in [5.41, 5.74) is 8.06. The molecule has 0 aliphatic heterocycles. The van der Waals surface area contributed by atoms with E-state index < -0.39 is 6.04 Å². The fourth-order valence-electron chi connectivity index (χ4n) is 2.08. The smallest absolute Gasteiger partial charge is 0.241 e. The van der Waals surface area contributed by atoms with E-state index >= 15 is 0 Å². The van der Waals surface area contributed by atoms with E-state index in [0.717, 1.165) is 18.4 Å². The molecular weight excluding hydrogens is 375 g/mol. The molecule has 0 saturated heterocycles. The van der Waals surface area contributed by atoms with Crippen LogP contribution < -0.4 is 11.1 Å². The SMILES string of the molecule is N[C@H](C(=O)NCCCc1ccc(I)cc1)c1ccccc1. The number of halogens is 1. The first-order chi connectivity index (χ1) is 10.2. The van der Waals surface area contributed by atoms with E-state index in [2.05, 4.69) is 52.2 Å². The number of nitrogens with one attached hydrogen (secondary N) is 1. The molecule has 0 radical (unpaired) electrons. The van der Waals surface area contributed by atoms with E-state index in [1.165, 1.54) is 9.13 Å². The number of aryl methyl sites for hydroxylation is 1. The minimum atomic E-state index is -0.593. The number of hydrogen-bond acceptors (Lipinski definition) is 2. The van der Waals surface area contributed by atoms with Gasteiger partial charge in [-0.1, -0.05) is 42.5 Å². The lowest BCUT2D eigenvalue weighted by atomic mass is 10.1. The summed E-state index contributed by atoms with van der Waals surface area (Å²) in [7, 11) is 0. The summed E-state index contributed by atoms with van der Waals surface area (Å²) in [6.07, 6.45) is 1.87. The standard InChI is InChI=1S/C17H19IN2O/c18-15-10-8-13(9-11-15)5-4-12-20-17(21)16(19)14-6-2-1-3-7-14/h1-3,6-11,16H,4-5,12,19H2,(H,20,21)/t16-/m0/s1. The first kappa shape index (κ1) is 16.0. The number of carbonyl (C=O) groups excluding carboxylic acids is 1. The Morgan fingerprint density at radius 2 is 1.76 bits per heavy atom. The number of rotatable bonds is 6. The molecule has 21 heavy (non-hydrogen) atoms. The van der Waals surface area contributed by atoms with Gasteiger partial charge < -0.3 is 11.1 Å². The monoisotopic (exact) mass is 394 g/mol. The Bertz CT molecular complexity index is 569. The van der Waals surface area contributed by atoms with Crippen LogP contribution in [0.5, 0.6) is 0 Å². The molecule has 1 amide bonds. The molecule has 0 aliphatic rings. The molecule has 2 aromatic rings. The normalized spacial score (nSPS) is 11.9. The Kier molecular flexibility index (Phi) is 6.20. The van der Waals surface area contributed by atoms with Crippen molar-refractivity contribution in [3.63, 3.8) is 0 Å². The van der Waals surface area contributed by atoms with Gasteiger partial charge in [0.15, 0.2) is 0 Å². The summed E-state index contributed by atoms with van der Waals surface area (Å²) in [5.74, 6) is -0.121. The zero-order valence-electron chi connectivity index (χ0n) is 11.8. The third-order valence-corrected chi connectivity index (χ3v) is 4.02. The second-order valence-electron chi connectivity index (χ2n) is 4.91. The second kappa shape index (κ2) is 8.14. The average Bonchev–Trinajstić information content (AvgIpc) is 2.53. The lowest BCUT2D eigenvalue weighted by Gasteiger charge is -2.12. The molecular formula is C17H19IN2O. The Balaban J connectivity index is 1.73. The van der Waals surface area contributed by atoms with Crippen LogP contribution in [0.1, 0.15) is 23.6 Å². The van der Waals surface area contributed by atoms with Crippen molar-refractivity contribution >= 4 is 28.5 Å². The van der Waals surface area contributed by atoms with Gasteiger partial charge in [0.1, 0.15) is 6.04 Å². The maximum atomic E-state index is 12.0. The largest absolute Gasteiger partial charge is 0.354 e. The van der Waals surface area contributed by atoms with Gasteiger partial charge in [-0.25, -0.2) is 0 Å². The lowest BCUT2D eigenvalue weighted by molar-refractivity contribution is -0.122. The van der Waals surface area contributed by atoms with E-state index in [4.69, 9.17) is 5.73 Å². The van der Waals surface area contributed by atoms with Crippen molar-refractivity contribution in [2.75, 3.05) is 6.54 Å². The Hall–Kier alpha value is -1.40. The van der Waals surface area contributed by atoms with Crippen LogP contribution in [-0.2, 0) is 11.2 Å². The maximum Gasteiger partial charge on any atom is 0.241 e. The minimum Gasteiger partial charge on any atom is -0.354 e. The molecule has 0 fully saturated rings. The molecule has 2 rings (SSSR count). The molecule has 3 nitrogen and oxygen atoms in total. The number of nitrogens with two attached hydrogens (primary N) is 1. The molecule has 0 saturated carbocycles. The highest BCUT2D eigenvalue weighted by Crippen LogP contribution is 2.10. The number of amides is 1. The van der Waals surface area contributed by atoms with Crippen LogP contribution in [0.4, 0.5) is 0 Å². The van der Waals surface area contributed by atoms with Crippen LogP contribution in [-0.4, -0.2) is 12.5 Å². The van der Waals surface area contributed by atoms with Crippen LogP contribution in [0.2, 0.25) is 0 Å². The fraction of sp³-hybridized carbons (Fsp3) is 0.235. The highest BCUT2D eigenvalue weighted by Gasteiger charge is 2.14. The predicted octanol–water partition coefficient (Wildman–Crippen LogP) is 3.04. The zero-order valence-corrected chi connectivity index (χ0v) is 13.9. The molecule has 0 unspecified atom stereocenters. The maximum absolute atomic E-state index is 12.0. The molecule has 3 N–H and O–H groups in total. The first-order valence-corrected chi connectivity index (χ1v) is 8.07. The fourth-order valence-corrected chi connectivity index (χ4v) is 2.44. The van der Waals surface area contributed by atoms with Crippen molar-refractivity contribution in [1.82, 2.24) is 5.32 Å². The topological polar surface area (TPSA) is 55.1 Å². The van der Waals surface area contributed by atoms with E-state index in [9.17, 15) is 4.79 Å². The quantitative estimate of drug-likeness (QED) is 0.585. The van der Waals surface area contributed by atoms with Crippen LogP contribution in [0.25, 0.3) is 0 Å². The molecule has 0 spiro atoms. The average molecular weight is 394 g/mol. The molecule has 0 heterocycles. The van der Waals surface area contributed by atoms with Crippen LogP contribution >= 0.6 is 22.6 Å². The van der Waals surface area contributed by atoms with Crippen molar-refractivity contribution in [2.45, 2.75) is 18.9 Å². The van der Waals surface area contributed by atoms with Gasteiger partial charge in [0, 0.05) is 10.1 Å². The summed E-state index contributed by atoms with van der Waals surface area (Å²) in [6, 6.07) is 17.3. The van der Waals surface area contributed by atoms with Gasteiger partial charge in [-0.15, -0.1) is 0 Å². The molecule has 0 bridgehead atoms. The zero-order chi connectivity index (χ0) is 15.1. The van der Waals surface area contributed by atoms with Crippen molar-refractivity contribution in [3.05, 3.63) is 69.3 Å². The molecule has 2 aromatic carbocycles. The van der Waals surface area contributed by atoms with Crippen molar-refractivity contribution in [3.8, 4) is 0 Å². The molecule has 4 heteroatoms. The molecule has 0 aliphatic carbocycles. The van der Waals surface area contributed by atoms with Gasteiger partial charge in [0.25, 0.3) is 0 Å². The summed E-state index contributed by atoms with van der Waals surface area (Å²) >= 11 is 2.29. The predicted molar refractivity (Wildman–Crippen MR) is 93.9 cm³/mol. The van der Waals surface area contributed by atoms with Gasteiger partial charge in [-0.2, -0.15) is 0 Å². The molecule has 110 valence electrons. The van der Waals surface area contributed by atoms with Gasteiger partial charge >= 0.3 is 0 Å². The Labute approximate surface area is 139 Å². The van der Waals surface area contributed by atoms with Crippen LogP contribution in [0.15, 0.2) is 54.6 Å². The highest BCUT2D eigenvalue weighted by molar-refractivity contribution is 14.1. The Morgan fingerprint density at radius 1 is 1.10 bits per heavy atom. The van der Waals surface area contributed by atoms with Gasteiger partial charge in [-0.3, -0.25) is 4.79 Å². The lowest BCUT2D eigenvalue weighted by Crippen LogP contribution is -2.34. The van der Waals surface area contributed by atoms with Crippen molar-refractivity contribution < 1.29 is 4.79 Å². The van der Waals surface area contributed by atoms with Gasteiger partial charge in [0.2, 0.25) is 5.91 Å². The third-order valence-electron chi connectivity index (χ3n) is 3.30. The first-order valence-electron chi connectivity index (χ1n) is 6.99. The second-order valence-corrected chi connectivity index (χ2v) is 6.16. The highest BCUT2D eigenvalue weighted by atomic mass is 127. The van der Waals surface area contributed by atoms with E-state index in [1.807, 2.05) is 30.3 Å². The Morgan fingerprint density at radius 3 is 2.43 bits per heavy atom. The van der Waals surface area contributed by atoms with Crippen LogP contribution in [0, 0.1) is 3.57 Å². The van der Waals surface area contributed by atoms with Gasteiger partial charge in [0.05, 0.1) is 0 Å².